The van der Waals surface area contributed by atoms with E-state index >= 15 is 0 Å². The third-order valence-corrected chi connectivity index (χ3v) is 7.08. The van der Waals surface area contributed by atoms with E-state index in [0.717, 1.165) is 29.0 Å². The van der Waals surface area contributed by atoms with E-state index in [2.05, 4.69) is 0 Å². The highest BCUT2D eigenvalue weighted by Crippen LogP contribution is 2.31. The minimum atomic E-state index is -4.61. The summed E-state index contributed by atoms with van der Waals surface area (Å²) in [6, 6.07) is 15.1. The van der Waals surface area contributed by atoms with Crippen molar-refractivity contribution in [2.45, 2.75) is 51.0 Å². The standard InChI is InChI=1S/C23H25F3N2O2S/c1-17(2)28(31(29,30)22-8-4-6-20(14-22)23(24,25)26)16-21-7-5-13-27(21)15-19-11-9-18(3)10-12-19/h4-14,17H,15-16H2,1-3H3. The molecule has 0 fully saturated rings. The molecule has 166 valence electrons. The number of halogens is 3. The molecule has 3 aromatic rings. The molecule has 0 amide bonds. The average molecular weight is 451 g/mol. The molecule has 0 saturated heterocycles. The van der Waals surface area contributed by atoms with Crippen LogP contribution in [-0.2, 0) is 29.3 Å². The SMILES string of the molecule is Cc1ccc(Cn2cccc2CN(C(C)C)S(=O)(=O)c2cccc(C(F)(F)F)c2)cc1. The lowest BCUT2D eigenvalue weighted by Crippen LogP contribution is -2.37. The molecule has 0 aliphatic rings. The lowest BCUT2D eigenvalue weighted by Gasteiger charge is -2.27. The molecular weight excluding hydrogens is 425 g/mol. The van der Waals surface area contributed by atoms with Crippen LogP contribution in [0.25, 0.3) is 0 Å². The van der Waals surface area contributed by atoms with E-state index in [0.29, 0.717) is 12.6 Å². The minimum Gasteiger partial charge on any atom is -0.346 e. The van der Waals surface area contributed by atoms with Gasteiger partial charge in [-0.15, -0.1) is 0 Å². The fraction of sp³-hybridized carbons (Fsp3) is 0.304. The van der Waals surface area contributed by atoms with Crippen molar-refractivity contribution in [3.05, 3.63) is 89.2 Å². The minimum absolute atomic E-state index is 0.0507. The van der Waals surface area contributed by atoms with Crippen LogP contribution in [0.2, 0.25) is 0 Å². The van der Waals surface area contributed by atoms with Crippen LogP contribution in [0.3, 0.4) is 0 Å². The van der Waals surface area contributed by atoms with Gasteiger partial charge in [-0.25, -0.2) is 8.42 Å². The van der Waals surface area contributed by atoms with Crippen LogP contribution >= 0.6 is 0 Å². The number of nitrogens with zero attached hydrogens (tertiary/aromatic N) is 2. The lowest BCUT2D eigenvalue weighted by atomic mass is 10.1. The second-order valence-electron chi connectivity index (χ2n) is 7.78. The average Bonchev–Trinajstić information content (AvgIpc) is 3.13. The Balaban J connectivity index is 1.90. The number of aryl methyl sites for hydroxylation is 1. The number of rotatable bonds is 7. The first-order chi connectivity index (χ1) is 14.5. The number of sulfonamides is 1. The van der Waals surface area contributed by atoms with Crippen LogP contribution in [0, 0.1) is 6.92 Å². The van der Waals surface area contributed by atoms with Gasteiger partial charge >= 0.3 is 6.18 Å². The third kappa shape index (κ3) is 5.37. The van der Waals surface area contributed by atoms with Crippen molar-refractivity contribution < 1.29 is 21.6 Å². The molecule has 3 rings (SSSR count). The maximum Gasteiger partial charge on any atom is 0.416 e. The van der Waals surface area contributed by atoms with Gasteiger partial charge in [0.2, 0.25) is 10.0 Å². The molecule has 31 heavy (non-hydrogen) atoms. The molecule has 8 heteroatoms. The number of alkyl halides is 3. The van der Waals surface area contributed by atoms with Crippen molar-refractivity contribution in [2.24, 2.45) is 0 Å². The maximum absolute atomic E-state index is 13.2. The molecule has 0 unspecified atom stereocenters. The molecule has 0 radical (unpaired) electrons. The summed E-state index contributed by atoms with van der Waals surface area (Å²) in [5.74, 6) is 0. The Morgan fingerprint density at radius 1 is 1.00 bits per heavy atom. The first kappa shape index (κ1) is 23.1. The Morgan fingerprint density at radius 2 is 1.68 bits per heavy atom. The maximum atomic E-state index is 13.2. The van der Waals surface area contributed by atoms with Crippen LogP contribution in [0.5, 0.6) is 0 Å². The zero-order valence-corrected chi connectivity index (χ0v) is 18.4. The van der Waals surface area contributed by atoms with Crippen LogP contribution in [-0.4, -0.2) is 23.3 Å². The molecule has 0 bridgehead atoms. The van der Waals surface area contributed by atoms with Gasteiger partial charge in [0.25, 0.3) is 0 Å². The summed E-state index contributed by atoms with van der Waals surface area (Å²) in [7, 11) is -4.13. The van der Waals surface area contributed by atoms with E-state index in [1.54, 1.807) is 13.8 Å². The van der Waals surface area contributed by atoms with Crippen LogP contribution in [0.4, 0.5) is 13.2 Å². The fourth-order valence-corrected chi connectivity index (χ4v) is 4.97. The van der Waals surface area contributed by atoms with Crippen molar-refractivity contribution in [2.75, 3.05) is 0 Å². The van der Waals surface area contributed by atoms with Crippen molar-refractivity contribution in [1.29, 1.82) is 0 Å². The summed E-state index contributed by atoms with van der Waals surface area (Å²) < 4.78 is 68.9. The van der Waals surface area contributed by atoms with E-state index in [1.165, 1.54) is 10.4 Å². The largest absolute Gasteiger partial charge is 0.416 e. The first-order valence-corrected chi connectivity index (χ1v) is 11.3. The highest BCUT2D eigenvalue weighted by atomic mass is 32.2. The van der Waals surface area contributed by atoms with Gasteiger partial charge in [-0.05, 0) is 56.7 Å². The van der Waals surface area contributed by atoms with Gasteiger partial charge in [-0.3, -0.25) is 0 Å². The number of benzene rings is 2. The van der Waals surface area contributed by atoms with Crippen LogP contribution in [0.15, 0.2) is 71.8 Å². The summed E-state index contributed by atoms with van der Waals surface area (Å²) in [6.07, 6.45) is -2.75. The molecule has 1 heterocycles. The zero-order chi connectivity index (χ0) is 22.8. The van der Waals surface area contributed by atoms with Gasteiger partial charge in [0.1, 0.15) is 0 Å². The Morgan fingerprint density at radius 3 is 2.29 bits per heavy atom. The second-order valence-corrected chi connectivity index (χ2v) is 9.67. The third-order valence-electron chi connectivity index (χ3n) is 5.06. The van der Waals surface area contributed by atoms with Gasteiger partial charge in [0.15, 0.2) is 0 Å². The van der Waals surface area contributed by atoms with E-state index in [9.17, 15) is 21.6 Å². The quantitative estimate of drug-likeness (QED) is 0.480. The predicted octanol–water partition coefficient (Wildman–Crippen LogP) is 5.46. The van der Waals surface area contributed by atoms with Crippen molar-refractivity contribution in [3.8, 4) is 0 Å². The first-order valence-electron chi connectivity index (χ1n) is 9.87. The van der Waals surface area contributed by atoms with Crippen molar-refractivity contribution in [3.63, 3.8) is 0 Å². The summed E-state index contributed by atoms with van der Waals surface area (Å²) in [4.78, 5) is -0.368. The smallest absolute Gasteiger partial charge is 0.346 e. The molecule has 4 nitrogen and oxygen atoms in total. The normalized spacial score (nSPS) is 12.6. The highest BCUT2D eigenvalue weighted by Gasteiger charge is 2.34. The zero-order valence-electron chi connectivity index (χ0n) is 17.6. The molecule has 0 N–H and O–H groups in total. The van der Waals surface area contributed by atoms with Crippen LogP contribution < -0.4 is 0 Å². The number of hydrogen-bond donors (Lipinski definition) is 0. The molecule has 0 aliphatic heterocycles. The van der Waals surface area contributed by atoms with Crippen molar-refractivity contribution >= 4 is 10.0 Å². The van der Waals surface area contributed by atoms with E-state index in [1.807, 2.05) is 54.1 Å². The summed E-state index contributed by atoms with van der Waals surface area (Å²) >= 11 is 0. The second kappa shape index (κ2) is 8.88. The molecule has 0 spiro atoms. The predicted molar refractivity (Wildman–Crippen MR) is 114 cm³/mol. The molecule has 1 aromatic heterocycles. The summed E-state index contributed by atoms with van der Waals surface area (Å²) in [5, 5.41) is 0. The van der Waals surface area contributed by atoms with Gasteiger partial charge in [0.05, 0.1) is 17.0 Å². The topological polar surface area (TPSA) is 42.3 Å². The highest BCUT2D eigenvalue weighted by molar-refractivity contribution is 7.89. The molecule has 0 atom stereocenters. The summed E-state index contributed by atoms with van der Waals surface area (Å²) in [6.45, 7) is 6.04. The lowest BCUT2D eigenvalue weighted by molar-refractivity contribution is -0.137. The van der Waals surface area contributed by atoms with Gasteiger partial charge in [-0.2, -0.15) is 17.5 Å². The summed E-state index contributed by atoms with van der Waals surface area (Å²) in [5.41, 5.74) is 1.99. The molecule has 2 aromatic carbocycles. The van der Waals surface area contributed by atoms with Gasteiger partial charge in [0, 0.05) is 24.5 Å². The number of aromatic nitrogens is 1. The molecule has 0 aliphatic carbocycles. The Bertz CT molecular complexity index is 1130. The van der Waals surface area contributed by atoms with E-state index in [-0.39, 0.29) is 11.4 Å². The van der Waals surface area contributed by atoms with E-state index in [4.69, 9.17) is 0 Å². The Hall–Kier alpha value is -2.58. The Labute approximate surface area is 181 Å². The van der Waals surface area contributed by atoms with Crippen molar-refractivity contribution in [1.82, 2.24) is 8.87 Å². The monoisotopic (exact) mass is 450 g/mol. The fourth-order valence-electron chi connectivity index (χ4n) is 3.31. The molecule has 0 saturated carbocycles. The Kier molecular flexibility index (Phi) is 6.62. The van der Waals surface area contributed by atoms with Crippen LogP contribution in [0.1, 0.15) is 36.2 Å². The van der Waals surface area contributed by atoms with E-state index < -0.39 is 27.8 Å². The molecular formula is C23H25F3N2O2S. The van der Waals surface area contributed by atoms with Gasteiger partial charge in [-0.1, -0.05) is 35.9 Å². The van der Waals surface area contributed by atoms with Gasteiger partial charge < -0.3 is 4.57 Å². The number of hydrogen-bond acceptors (Lipinski definition) is 2.